The molecule has 6 nitrogen and oxygen atoms in total. The summed E-state index contributed by atoms with van der Waals surface area (Å²) in [6, 6.07) is 16.0. The largest absolute Gasteiger partial charge is 0.324 e. The molecule has 170 valence electrons. The Bertz CT molecular complexity index is 983. The molecule has 2 aliphatic heterocycles. The van der Waals surface area contributed by atoms with Crippen LogP contribution in [0.4, 0.5) is 4.79 Å². The first-order valence-electron chi connectivity index (χ1n) is 12.1. The molecule has 3 heterocycles. The van der Waals surface area contributed by atoms with Crippen LogP contribution in [-0.4, -0.2) is 53.1 Å². The van der Waals surface area contributed by atoms with Crippen molar-refractivity contribution in [2.45, 2.75) is 44.7 Å². The van der Waals surface area contributed by atoms with Crippen molar-refractivity contribution >= 4 is 6.03 Å². The highest BCUT2D eigenvalue weighted by Gasteiger charge is 2.47. The van der Waals surface area contributed by atoms with Gasteiger partial charge in [-0.2, -0.15) is 0 Å². The van der Waals surface area contributed by atoms with E-state index in [4.69, 9.17) is 0 Å². The molecular weight excluding hydrogens is 400 g/mol. The van der Waals surface area contributed by atoms with Gasteiger partial charge >= 0.3 is 6.03 Å². The fourth-order valence-electron chi connectivity index (χ4n) is 6.24. The normalized spacial score (nSPS) is 25.2. The van der Waals surface area contributed by atoms with E-state index in [9.17, 15) is 9.59 Å². The van der Waals surface area contributed by atoms with Gasteiger partial charge in [0.1, 0.15) is 0 Å². The van der Waals surface area contributed by atoms with Gasteiger partial charge in [0.05, 0.1) is 6.04 Å². The van der Waals surface area contributed by atoms with Crippen molar-refractivity contribution in [2.24, 2.45) is 11.3 Å². The van der Waals surface area contributed by atoms with Gasteiger partial charge in [-0.1, -0.05) is 49.2 Å². The van der Waals surface area contributed by atoms with Crippen molar-refractivity contribution in [3.63, 3.8) is 0 Å². The van der Waals surface area contributed by atoms with E-state index in [1.54, 1.807) is 6.07 Å². The summed E-state index contributed by atoms with van der Waals surface area (Å²) < 4.78 is 1.87. The Kier molecular flexibility index (Phi) is 6.05. The molecule has 0 bridgehead atoms. The van der Waals surface area contributed by atoms with E-state index in [-0.39, 0.29) is 23.0 Å². The highest BCUT2D eigenvalue weighted by molar-refractivity contribution is 5.75. The molecule has 0 unspecified atom stereocenters. The van der Waals surface area contributed by atoms with Gasteiger partial charge in [0.25, 0.3) is 5.56 Å². The SMILES string of the molecule is O=C(N1CC[C@H](Cn2ccccc2=O)C2(CCCC2)C1)N1CCNC[C@H]1c1ccccc1. The van der Waals surface area contributed by atoms with E-state index in [2.05, 4.69) is 39.4 Å². The van der Waals surface area contributed by atoms with Crippen molar-refractivity contribution in [1.82, 2.24) is 19.7 Å². The van der Waals surface area contributed by atoms with Crippen molar-refractivity contribution in [3.05, 3.63) is 70.6 Å². The number of likely N-dealkylation sites (tertiary alicyclic amines) is 1. The molecule has 1 aromatic carbocycles. The highest BCUT2D eigenvalue weighted by atomic mass is 16.2. The summed E-state index contributed by atoms with van der Waals surface area (Å²) in [6.45, 7) is 4.75. The average molecular weight is 435 g/mol. The lowest BCUT2D eigenvalue weighted by Crippen LogP contribution is -2.58. The van der Waals surface area contributed by atoms with Crippen LogP contribution in [0.3, 0.4) is 0 Å². The standard InChI is InChI=1S/C26H34N4O2/c31-24-10-4-7-15-28(24)19-22-11-16-29(20-26(22)12-5-6-13-26)25(32)30-17-14-27-18-23(30)21-8-2-1-3-9-21/h1-4,7-10,15,22-23,27H,5-6,11-14,16-20H2/t22-,23+/m1/s1. The van der Waals surface area contributed by atoms with Gasteiger partial charge in [-0.05, 0) is 42.2 Å². The first kappa shape index (κ1) is 21.3. The maximum atomic E-state index is 13.8. The summed E-state index contributed by atoms with van der Waals surface area (Å²) in [5.74, 6) is 0.446. The zero-order valence-electron chi connectivity index (χ0n) is 18.8. The smallest absolute Gasteiger partial charge is 0.320 e. The van der Waals surface area contributed by atoms with Crippen LogP contribution in [0, 0.1) is 11.3 Å². The van der Waals surface area contributed by atoms with Gasteiger partial charge in [0, 0.05) is 51.5 Å². The number of urea groups is 1. The molecule has 1 N–H and O–H groups in total. The number of pyridine rings is 1. The predicted molar refractivity (Wildman–Crippen MR) is 125 cm³/mol. The van der Waals surface area contributed by atoms with Gasteiger partial charge in [-0.25, -0.2) is 4.79 Å². The molecule has 1 spiro atoms. The summed E-state index contributed by atoms with van der Waals surface area (Å²) in [7, 11) is 0. The van der Waals surface area contributed by atoms with Crippen LogP contribution in [0.15, 0.2) is 59.5 Å². The van der Waals surface area contributed by atoms with E-state index >= 15 is 0 Å². The topological polar surface area (TPSA) is 57.6 Å². The van der Waals surface area contributed by atoms with Crippen molar-refractivity contribution in [2.75, 3.05) is 32.7 Å². The van der Waals surface area contributed by atoms with Crippen LogP contribution < -0.4 is 10.9 Å². The third kappa shape index (κ3) is 4.08. The Morgan fingerprint density at radius 2 is 1.81 bits per heavy atom. The van der Waals surface area contributed by atoms with Gasteiger partial charge in [-0.15, -0.1) is 0 Å². The second kappa shape index (κ2) is 9.10. The Hall–Kier alpha value is -2.60. The maximum absolute atomic E-state index is 13.8. The molecule has 2 saturated heterocycles. The molecule has 3 fully saturated rings. The predicted octanol–water partition coefficient (Wildman–Crippen LogP) is 3.50. The minimum atomic E-state index is 0.0747. The second-order valence-corrected chi connectivity index (χ2v) is 9.77. The number of aromatic nitrogens is 1. The fourth-order valence-corrected chi connectivity index (χ4v) is 6.24. The number of benzene rings is 1. The summed E-state index contributed by atoms with van der Waals surface area (Å²) in [6.07, 6.45) is 7.65. The zero-order valence-corrected chi connectivity index (χ0v) is 18.8. The molecule has 1 saturated carbocycles. The van der Waals surface area contributed by atoms with Crippen LogP contribution >= 0.6 is 0 Å². The van der Waals surface area contributed by atoms with Gasteiger partial charge in [0.2, 0.25) is 0 Å². The molecule has 3 aliphatic rings. The van der Waals surface area contributed by atoms with Crippen LogP contribution in [0.5, 0.6) is 0 Å². The van der Waals surface area contributed by atoms with Gasteiger partial charge in [-0.3, -0.25) is 4.79 Å². The molecule has 32 heavy (non-hydrogen) atoms. The fraction of sp³-hybridized carbons (Fsp3) is 0.538. The number of hydrogen-bond donors (Lipinski definition) is 1. The minimum Gasteiger partial charge on any atom is -0.324 e. The number of rotatable bonds is 3. The molecule has 1 aliphatic carbocycles. The average Bonchev–Trinajstić information content (AvgIpc) is 3.30. The van der Waals surface area contributed by atoms with E-state index < -0.39 is 0 Å². The highest BCUT2D eigenvalue weighted by Crippen LogP contribution is 2.49. The van der Waals surface area contributed by atoms with Crippen molar-refractivity contribution in [1.29, 1.82) is 0 Å². The van der Waals surface area contributed by atoms with Crippen LogP contribution in [-0.2, 0) is 6.54 Å². The summed E-state index contributed by atoms with van der Waals surface area (Å²) in [5, 5.41) is 3.46. The lowest BCUT2D eigenvalue weighted by molar-refractivity contribution is 0.0235. The molecule has 1 aromatic heterocycles. The monoisotopic (exact) mass is 434 g/mol. The van der Waals surface area contributed by atoms with Crippen LogP contribution in [0.1, 0.15) is 43.7 Å². The molecule has 6 heteroatoms. The van der Waals surface area contributed by atoms with E-state index in [0.29, 0.717) is 5.92 Å². The first-order valence-corrected chi connectivity index (χ1v) is 12.1. The number of carbonyl (C=O) groups is 1. The maximum Gasteiger partial charge on any atom is 0.320 e. The second-order valence-electron chi connectivity index (χ2n) is 9.77. The number of piperidine rings is 1. The molecular formula is C26H34N4O2. The Morgan fingerprint density at radius 3 is 2.59 bits per heavy atom. The van der Waals surface area contributed by atoms with E-state index in [0.717, 1.165) is 58.5 Å². The summed E-state index contributed by atoms with van der Waals surface area (Å²) in [4.78, 5) is 30.3. The number of piperazine rings is 1. The Morgan fingerprint density at radius 1 is 1.03 bits per heavy atom. The number of hydrogen-bond acceptors (Lipinski definition) is 3. The lowest BCUT2D eigenvalue weighted by Gasteiger charge is -2.49. The third-order valence-corrected chi connectivity index (χ3v) is 7.98. The van der Waals surface area contributed by atoms with E-state index in [1.165, 1.54) is 18.4 Å². The van der Waals surface area contributed by atoms with Crippen LogP contribution in [0.2, 0.25) is 0 Å². The number of carbonyl (C=O) groups excluding carboxylic acids is 1. The quantitative estimate of drug-likeness (QED) is 0.805. The molecule has 2 amide bonds. The number of nitrogens with zero attached hydrogens (tertiary/aromatic N) is 3. The van der Waals surface area contributed by atoms with Crippen molar-refractivity contribution < 1.29 is 4.79 Å². The first-order chi connectivity index (χ1) is 15.7. The zero-order chi connectivity index (χ0) is 22.0. The molecule has 2 atom stereocenters. The lowest BCUT2D eigenvalue weighted by atomic mass is 9.69. The Balaban J connectivity index is 1.34. The molecule has 2 aromatic rings. The number of amides is 2. The molecule has 5 rings (SSSR count). The van der Waals surface area contributed by atoms with E-state index in [1.807, 2.05) is 29.0 Å². The molecule has 0 radical (unpaired) electrons. The van der Waals surface area contributed by atoms with Crippen molar-refractivity contribution in [3.8, 4) is 0 Å². The minimum absolute atomic E-state index is 0.0747. The van der Waals surface area contributed by atoms with Gasteiger partial charge in [0.15, 0.2) is 0 Å². The summed E-state index contributed by atoms with van der Waals surface area (Å²) >= 11 is 0. The Labute approximate surface area is 190 Å². The van der Waals surface area contributed by atoms with Gasteiger partial charge < -0.3 is 19.7 Å². The summed E-state index contributed by atoms with van der Waals surface area (Å²) in [5.41, 5.74) is 1.41. The third-order valence-electron chi connectivity index (χ3n) is 7.98. The number of nitrogens with one attached hydrogen (secondary N) is 1. The van der Waals surface area contributed by atoms with Crippen LogP contribution in [0.25, 0.3) is 0 Å².